The number of hydrogen-bond donors (Lipinski definition) is 2. The highest BCUT2D eigenvalue weighted by Crippen LogP contribution is 2.07. The van der Waals surface area contributed by atoms with E-state index in [0.29, 0.717) is 6.54 Å². The summed E-state index contributed by atoms with van der Waals surface area (Å²) in [6.45, 7) is 2.89. The van der Waals surface area contributed by atoms with Gasteiger partial charge in [0, 0.05) is 12.7 Å². The maximum absolute atomic E-state index is 12.1. The Morgan fingerprint density at radius 3 is 2.55 bits per heavy atom. The molecule has 0 spiro atoms. The zero-order valence-electron chi connectivity index (χ0n) is 12.2. The second-order valence-electron chi connectivity index (χ2n) is 5.03. The molecule has 0 aromatic carbocycles. The molecule has 0 aliphatic rings. The lowest BCUT2D eigenvalue weighted by Gasteiger charge is -2.07. The molecule has 0 saturated carbocycles. The third-order valence-corrected chi connectivity index (χ3v) is 3.41. The van der Waals surface area contributed by atoms with Gasteiger partial charge in [-0.25, -0.2) is 0 Å². The van der Waals surface area contributed by atoms with E-state index in [2.05, 4.69) is 12.1 Å². The number of nitrogens with two attached hydrogens (primary N) is 1. The van der Waals surface area contributed by atoms with Crippen molar-refractivity contribution in [2.24, 2.45) is 10.9 Å². The minimum atomic E-state index is -0.200. The van der Waals surface area contributed by atoms with E-state index in [1.54, 1.807) is 22.9 Å². The van der Waals surface area contributed by atoms with Gasteiger partial charge in [0.05, 0.1) is 5.56 Å². The van der Waals surface area contributed by atoms with Crippen LogP contribution in [0.2, 0.25) is 0 Å². The van der Waals surface area contributed by atoms with Crippen LogP contribution in [0.1, 0.15) is 57.4 Å². The lowest BCUT2D eigenvalue weighted by Crippen LogP contribution is -2.29. The molecule has 20 heavy (non-hydrogen) atoms. The molecular formula is C15H25N3O2. The highest BCUT2D eigenvalue weighted by atomic mass is 16.4. The van der Waals surface area contributed by atoms with Crippen LogP contribution >= 0.6 is 0 Å². The van der Waals surface area contributed by atoms with Crippen molar-refractivity contribution in [3.8, 4) is 0 Å². The van der Waals surface area contributed by atoms with Gasteiger partial charge in [0.1, 0.15) is 0 Å². The van der Waals surface area contributed by atoms with Crippen LogP contribution in [0.15, 0.2) is 28.3 Å². The normalized spacial score (nSPS) is 11.8. The number of unbranched alkanes of at least 4 members (excludes halogenated alkanes) is 6. The van der Waals surface area contributed by atoms with Crippen LogP contribution in [0.4, 0.5) is 0 Å². The number of nitrogens with zero attached hydrogens (tertiary/aromatic N) is 2. The van der Waals surface area contributed by atoms with Gasteiger partial charge in [0.15, 0.2) is 5.84 Å². The average Bonchev–Trinajstić information content (AvgIpc) is 2.47. The van der Waals surface area contributed by atoms with Crippen molar-refractivity contribution in [2.45, 2.75) is 58.4 Å². The molecule has 1 aromatic rings. The van der Waals surface area contributed by atoms with Crippen molar-refractivity contribution in [1.29, 1.82) is 0 Å². The molecule has 112 valence electrons. The van der Waals surface area contributed by atoms with Gasteiger partial charge in [-0.1, -0.05) is 50.6 Å². The Labute approximate surface area is 120 Å². The molecule has 0 radical (unpaired) electrons. The lowest BCUT2D eigenvalue weighted by molar-refractivity contribution is 0.318. The summed E-state index contributed by atoms with van der Waals surface area (Å²) >= 11 is 0. The molecule has 0 saturated heterocycles. The fourth-order valence-electron chi connectivity index (χ4n) is 2.20. The minimum absolute atomic E-state index is 0.135. The van der Waals surface area contributed by atoms with Crippen LogP contribution in [-0.2, 0) is 6.54 Å². The summed E-state index contributed by atoms with van der Waals surface area (Å²) in [6, 6.07) is 3.31. The van der Waals surface area contributed by atoms with Crippen molar-refractivity contribution >= 4 is 5.84 Å². The number of rotatable bonds is 9. The summed E-state index contributed by atoms with van der Waals surface area (Å²) in [5.41, 5.74) is 5.52. The molecule has 0 bridgehead atoms. The van der Waals surface area contributed by atoms with E-state index < -0.39 is 0 Å². The Balaban J connectivity index is 2.43. The first-order valence-electron chi connectivity index (χ1n) is 7.38. The molecule has 3 N–H and O–H groups in total. The van der Waals surface area contributed by atoms with E-state index in [1.807, 2.05) is 0 Å². The second kappa shape index (κ2) is 9.18. The molecule has 1 heterocycles. The smallest absolute Gasteiger partial charge is 0.261 e. The minimum Gasteiger partial charge on any atom is -0.409 e. The molecule has 0 amide bonds. The molecule has 0 atom stereocenters. The lowest BCUT2D eigenvalue weighted by atomic mass is 10.1. The van der Waals surface area contributed by atoms with Crippen LogP contribution < -0.4 is 11.3 Å². The van der Waals surface area contributed by atoms with Crippen LogP contribution in [0.3, 0.4) is 0 Å². The first-order chi connectivity index (χ1) is 9.70. The molecular weight excluding hydrogens is 254 g/mol. The van der Waals surface area contributed by atoms with E-state index in [0.717, 1.165) is 12.8 Å². The summed E-state index contributed by atoms with van der Waals surface area (Å²) < 4.78 is 1.62. The third-order valence-electron chi connectivity index (χ3n) is 3.41. The fourth-order valence-corrected chi connectivity index (χ4v) is 2.20. The highest BCUT2D eigenvalue weighted by molar-refractivity contribution is 5.96. The van der Waals surface area contributed by atoms with Crippen LogP contribution in [0.25, 0.3) is 0 Å². The van der Waals surface area contributed by atoms with Gasteiger partial charge in [-0.2, -0.15) is 0 Å². The van der Waals surface area contributed by atoms with E-state index in [1.165, 1.54) is 32.1 Å². The highest BCUT2D eigenvalue weighted by Gasteiger charge is 2.06. The maximum atomic E-state index is 12.1. The molecule has 1 rings (SSSR count). The van der Waals surface area contributed by atoms with Gasteiger partial charge in [-0.3, -0.25) is 4.79 Å². The summed E-state index contributed by atoms with van der Waals surface area (Å²) in [6.07, 6.45) is 10.2. The van der Waals surface area contributed by atoms with Crippen LogP contribution in [0.5, 0.6) is 0 Å². The van der Waals surface area contributed by atoms with E-state index >= 15 is 0 Å². The van der Waals surface area contributed by atoms with E-state index in [4.69, 9.17) is 10.9 Å². The van der Waals surface area contributed by atoms with Gasteiger partial charge >= 0.3 is 0 Å². The summed E-state index contributed by atoms with van der Waals surface area (Å²) in [5.74, 6) is -0.135. The van der Waals surface area contributed by atoms with Gasteiger partial charge in [-0.05, 0) is 18.6 Å². The average molecular weight is 279 g/mol. The largest absolute Gasteiger partial charge is 0.409 e. The van der Waals surface area contributed by atoms with E-state index in [9.17, 15) is 4.79 Å². The molecule has 5 heteroatoms. The summed E-state index contributed by atoms with van der Waals surface area (Å²) in [5, 5.41) is 11.5. The molecule has 0 aliphatic heterocycles. The summed E-state index contributed by atoms with van der Waals surface area (Å²) in [7, 11) is 0. The Kier molecular flexibility index (Phi) is 7.47. The summed E-state index contributed by atoms with van der Waals surface area (Å²) in [4.78, 5) is 12.1. The Morgan fingerprint density at radius 2 is 1.90 bits per heavy atom. The molecule has 1 aromatic heterocycles. The first kappa shape index (κ1) is 16.3. The number of pyridine rings is 1. The van der Waals surface area contributed by atoms with Crippen molar-refractivity contribution in [3.05, 3.63) is 34.2 Å². The van der Waals surface area contributed by atoms with Crippen LogP contribution in [0, 0.1) is 0 Å². The Bertz CT molecular complexity index is 480. The SMILES string of the molecule is CCCCCCCCCn1cccc(/C(N)=N/O)c1=O. The fraction of sp³-hybridized carbons (Fsp3) is 0.600. The second-order valence-corrected chi connectivity index (χ2v) is 5.03. The van der Waals surface area contributed by atoms with Crippen molar-refractivity contribution in [1.82, 2.24) is 4.57 Å². The number of hydrogen-bond acceptors (Lipinski definition) is 3. The van der Waals surface area contributed by atoms with Gasteiger partial charge in [-0.15, -0.1) is 0 Å². The molecule has 0 unspecified atom stereocenters. The topological polar surface area (TPSA) is 80.6 Å². The van der Waals surface area contributed by atoms with Crippen LogP contribution in [-0.4, -0.2) is 15.6 Å². The Hall–Kier alpha value is -1.78. The zero-order valence-corrected chi connectivity index (χ0v) is 12.2. The first-order valence-corrected chi connectivity index (χ1v) is 7.38. The number of aromatic nitrogens is 1. The maximum Gasteiger partial charge on any atom is 0.261 e. The third kappa shape index (κ3) is 5.07. The quantitative estimate of drug-likeness (QED) is 0.240. The van der Waals surface area contributed by atoms with Gasteiger partial charge in [0.2, 0.25) is 0 Å². The predicted octanol–water partition coefficient (Wildman–Crippen LogP) is 2.69. The molecule has 0 aliphatic carbocycles. The van der Waals surface area contributed by atoms with Gasteiger partial charge < -0.3 is 15.5 Å². The van der Waals surface area contributed by atoms with E-state index in [-0.39, 0.29) is 17.0 Å². The standard InChI is InChI=1S/C15H25N3O2/c1-2-3-4-5-6-7-8-11-18-12-9-10-13(15(18)19)14(16)17-20/h9-10,12,20H,2-8,11H2,1H3,(H2,16,17). The van der Waals surface area contributed by atoms with Crippen molar-refractivity contribution in [3.63, 3.8) is 0 Å². The Morgan fingerprint density at radius 1 is 1.25 bits per heavy atom. The molecule has 5 nitrogen and oxygen atoms in total. The monoisotopic (exact) mass is 279 g/mol. The number of amidine groups is 1. The van der Waals surface area contributed by atoms with Gasteiger partial charge in [0.25, 0.3) is 5.56 Å². The van der Waals surface area contributed by atoms with Crippen molar-refractivity contribution in [2.75, 3.05) is 0 Å². The zero-order chi connectivity index (χ0) is 14.8. The number of aryl methyl sites for hydroxylation is 1. The number of oxime groups is 1. The van der Waals surface area contributed by atoms with Crippen molar-refractivity contribution < 1.29 is 5.21 Å². The molecule has 0 fully saturated rings. The predicted molar refractivity (Wildman–Crippen MR) is 81.2 cm³/mol.